The number of para-hydroxylation sites is 1. The van der Waals surface area contributed by atoms with Gasteiger partial charge in [0.1, 0.15) is 0 Å². The van der Waals surface area contributed by atoms with Gasteiger partial charge in [0.15, 0.2) is 5.69 Å². The van der Waals surface area contributed by atoms with Gasteiger partial charge < -0.3 is 20.9 Å². The van der Waals surface area contributed by atoms with Crippen molar-refractivity contribution in [3.8, 4) is 5.88 Å². The van der Waals surface area contributed by atoms with Crippen LogP contribution in [0.4, 0.5) is 5.69 Å². The highest BCUT2D eigenvalue weighted by atomic mass is 32.1. The minimum absolute atomic E-state index is 0. The first-order chi connectivity index (χ1) is 7.72. The maximum absolute atomic E-state index is 9.65. The second-order valence-corrected chi connectivity index (χ2v) is 3.51. The van der Waals surface area contributed by atoms with Crippen LogP contribution >= 0.6 is 12.2 Å². The summed E-state index contributed by atoms with van der Waals surface area (Å²) in [4.78, 5) is 2.81. The van der Waals surface area contributed by atoms with E-state index >= 15 is 0 Å². The Balaban J connectivity index is 0.00000144. The molecule has 90 valence electrons. The fourth-order valence-corrected chi connectivity index (χ4v) is 1.40. The summed E-state index contributed by atoms with van der Waals surface area (Å²) in [5.74, 6) is -0.0103. The lowest BCUT2D eigenvalue weighted by atomic mass is 10.2. The average molecular weight is 252 g/mol. The number of aromatic amines is 1. The van der Waals surface area contributed by atoms with E-state index < -0.39 is 0 Å². The number of nitrogens with zero attached hydrogens (tertiary/aromatic N) is 2. The van der Waals surface area contributed by atoms with Gasteiger partial charge in [-0.05, 0) is 18.3 Å². The lowest BCUT2D eigenvalue weighted by Crippen LogP contribution is -2.11. The van der Waals surface area contributed by atoms with Crippen molar-refractivity contribution in [3.63, 3.8) is 0 Å². The molecule has 0 aliphatic rings. The van der Waals surface area contributed by atoms with Gasteiger partial charge in [-0.2, -0.15) is 0 Å². The zero-order chi connectivity index (χ0) is 11.5. The second kappa shape index (κ2) is 5.37. The van der Waals surface area contributed by atoms with Crippen molar-refractivity contribution in [2.24, 2.45) is 10.2 Å². The van der Waals surface area contributed by atoms with Crippen molar-refractivity contribution in [1.82, 2.24) is 10.3 Å². The Bertz CT molecular complexity index is 564. The summed E-state index contributed by atoms with van der Waals surface area (Å²) in [6.45, 7) is 0. The van der Waals surface area contributed by atoms with Crippen LogP contribution in [0.3, 0.4) is 0 Å². The standard InChI is InChI=1S/C10H10N4OS.H2O/c1-11-10(16)14-13-8-6-4-2-3-5-7(6)12-9(8)15;/h2-5,12,15H,1H3,(H,11,16);1H2. The highest BCUT2D eigenvalue weighted by Gasteiger charge is 2.09. The molecule has 0 unspecified atom stereocenters. The second-order valence-electron chi connectivity index (χ2n) is 3.12. The molecule has 1 aromatic heterocycles. The molecule has 0 aliphatic carbocycles. The third-order valence-electron chi connectivity index (χ3n) is 2.11. The van der Waals surface area contributed by atoms with E-state index in [1.807, 2.05) is 24.3 Å². The summed E-state index contributed by atoms with van der Waals surface area (Å²) in [6.07, 6.45) is 0. The first-order valence-electron chi connectivity index (χ1n) is 4.65. The number of H-pyrrole nitrogens is 1. The van der Waals surface area contributed by atoms with Crippen molar-refractivity contribution < 1.29 is 10.6 Å². The highest BCUT2D eigenvalue weighted by molar-refractivity contribution is 7.80. The Morgan fingerprint density at radius 1 is 1.41 bits per heavy atom. The van der Waals surface area contributed by atoms with Crippen LogP contribution in [0.25, 0.3) is 10.9 Å². The zero-order valence-electron chi connectivity index (χ0n) is 9.06. The van der Waals surface area contributed by atoms with Crippen molar-refractivity contribution in [2.75, 3.05) is 7.05 Å². The number of azo groups is 1. The van der Waals surface area contributed by atoms with Crippen molar-refractivity contribution in [1.29, 1.82) is 0 Å². The third-order valence-corrected chi connectivity index (χ3v) is 2.40. The van der Waals surface area contributed by atoms with E-state index in [2.05, 4.69) is 20.5 Å². The van der Waals surface area contributed by atoms with Crippen LogP contribution < -0.4 is 5.32 Å². The number of fused-ring (bicyclic) bond motifs is 1. The van der Waals surface area contributed by atoms with E-state index in [1.165, 1.54) is 0 Å². The number of hydrogen-bond donors (Lipinski definition) is 3. The fourth-order valence-electron chi connectivity index (χ4n) is 1.36. The molecule has 0 fully saturated rings. The molecule has 0 atom stereocenters. The molecule has 0 aliphatic heterocycles. The summed E-state index contributed by atoms with van der Waals surface area (Å²) in [5.41, 5.74) is 1.21. The highest BCUT2D eigenvalue weighted by Crippen LogP contribution is 2.34. The molecule has 0 saturated heterocycles. The average Bonchev–Trinajstić information content (AvgIpc) is 2.62. The van der Waals surface area contributed by atoms with Crippen LogP contribution in [-0.4, -0.2) is 27.7 Å². The quantitative estimate of drug-likeness (QED) is 0.530. The molecular weight excluding hydrogens is 240 g/mol. The Labute approximate surface area is 103 Å². The molecule has 0 amide bonds. The number of nitrogens with one attached hydrogen (secondary N) is 2. The smallest absolute Gasteiger partial charge is 0.218 e. The van der Waals surface area contributed by atoms with E-state index in [9.17, 15) is 5.11 Å². The summed E-state index contributed by atoms with van der Waals surface area (Å²) in [5, 5.41) is 21.1. The van der Waals surface area contributed by atoms with Crippen LogP contribution in [0.2, 0.25) is 0 Å². The molecule has 7 heteroatoms. The van der Waals surface area contributed by atoms with E-state index in [1.54, 1.807) is 7.05 Å². The third kappa shape index (κ3) is 2.58. The van der Waals surface area contributed by atoms with Crippen LogP contribution in [0, 0.1) is 0 Å². The van der Waals surface area contributed by atoms with Gasteiger partial charge in [0.25, 0.3) is 0 Å². The summed E-state index contributed by atoms with van der Waals surface area (Å²) in [6, 6.07) is 7.44. The zero-order valence-corrected chi connectivity index (χ0v) is 9.88. The number of hydrogen-bond acceptors (Lipinski definition) is 3. The van der Waals surface area contributed by atoms with Gasteiger partial charge in [-0.15, -0.1) is 10.2 Å². The van der Waals surface area contributed by atoms with E-state index in [0.29, 0.717) is 5.69 Å². The monoisotopic (exact) mass is 252 g/mol. The van der Waals surface area contributed by atoms with Gasteiger partial charge >= 0.3 is 0 Å². The number of thiocarbonyl (C=S) groups is 1. The van der Waals surface area contributed by atoms with Gasteiger partial charge in [-0.3, -0.25) is 0 Å². The number of aromatic hydroxyl groups is 1. The van der Waals surface area contributed by atoms with Crippen molar-refractivity contribution in [3.05, 3.63) is 24.3 Å². The maximum atomic E-state index is 9.65. The summed E-state index contributed by atoms with van der Waals surface area (Å²) < 4.78 is 0. The Morgan fingerprint density at radius 2 is 2.12 bits per heavy atom. The normalized spacial score (nSPS) is 10.4. The lowest BCUT2D eigenvalue weighted by Gasteiger charge is -1.92. The first-order valence-corrected chi connectivity index (χ1v) is 5.06. The molecule has 1 heterocycles. The predicted molar refractivity (Wildman–Crippen MR) is 69.8 cm³/mol. The van der Waals surface area contributed by atoms with Gasteiger partial charge in [0, 0.05) is 12.4 Å². The van der Waals surface area contributed by atoms with Crippen molar-refractivity contribution in [2.45, 2.75) is 0 Å². The number of aromatic nitrogens is 1. The van der Waals surface area contributed by atoms with E-state index in [-0.39, 0.29) is 16.5 Å². The van der Waals surface area contributed by atoms with Gasteiger partial charge in [-0.25, -0.2) is 0 Å². The van der Waals surface area contributed by atoms with Crippen LogP contribution in [0.1, 0.15) is 0 Å². The minimum Gasteiger partial charge on any atom is -0.493 e. The summed E-state index contributed by atoms with van der Waals surface area (Å²) >= 11 is 4.83. The molecule has 2 aromatic rings. The van der Waals surface area contributed by atoms with E-state index in [0.717, 1.165) is 10.9 Å². The topological polar surface area (TPSA) is 104 Å². The van der Waals surface area contributed by atoms with Crippen LogP contribution in [0.5, 0.6) is 5.88 Å². The molecule has 0 saturated carbocycles. The molecular formula is C10H12N4O2S. The number of benzene rings is 1. The Kier molecular flexibility index (Phi) is 4.13. The first kappa shape index (κ1) is 13.1. The fraction of sp³-hybridized carbons (Fsp3) is 0.100. The van der Waals surface area contributed by atoms with Crippen LogP contribution in [0.15, 0.2) is 34.5 Å². The molecule has 6 nitrogen and oxygen atoms in total. The van der Waals surface area contributed by atoms with Crippen molar-refractivity contribution >= 4 is 33.9 Å². The largest absolute Gasteiger partial charge is 0.493 e. The molecule has 5 N–H and O–H groups in total. The molecule has 0 radical (unpaired) electrons. The molecule has 2 rings (SSSR count). The molecule has 0 bridgehead atoms. The minimum atomic E-state index is -0.0103. The Morgan fingerprint density at radius 3 is 2.82 bits per heavy atom. The SMILES string of the molecule is CNC(=S)N=Nc1c(O)[nH]c2ccccc12.O. The number of rotatable bonds is 1. The van der Waals surface area contributed by atoms with Gasteiger partial charge in [0.05, 0.1) is 5.52 Å². The molecule has 0 spiro atoms. The lowest BCUT2D eigenvalue weighted by molar-refractivity contribution is 0.459. The van der Waals surface area contributed by atoms with Crippen LogP contribution in [-0.2, 0) is 0 Å². The summed E-state index contributed by atoms with van der Waals surface area (Å²) in [7, 11) is 1.66. The maximum Gasteiger partial charge on any atom is 0.218 e. The Hall–Kier alpha value is -1.99. The van der Waals surface area contributed by atoms with Gasteiger partial charge in [0.2, 0.25) is 11.0 Å². The molecule has 1 aromatic carbocycles. The molecule has 17 heavy (non-hydrogen) atoms. The van der Waals surface area contributed by atoms with E-state index in [4.69, 9.17) is 12.2 Å². The van der Waals surface area contributed by atoms with Gasteiger partial charge in [-0.1, -0.05) is 18.2 Å². The predicted octanol–water partition coefficient (Wildman–Crippen LogP) is 1.64.